The Kier molecular flexibility index (Phi) is 4.72. The normalized spacial score (nSPS) is 10.4. The monoisotopic (exact) mass is 222 g/mol. The highest BCUT2D eigenvalue weighted by Crippen LogP contribution is 2.09. The van der Waals surface area contributed by atoms with Crippen LogP contribution in [0, 0.1) is 0 Å². The van der Waals surface area contributed by atoms with Gasteiger partial charge in [-0.05, 0) is 39.2 Å². The van der Waals surface area contributed by atoms with Crippen LogP contribution in [0.1, 0.15) is 16.8 Å². The van der Waals surface area contributed by atoms with E-state index in [1.165, 1.54) is 0 Å². The number of carbonyl (C=O) groups excluding carboxylic acids is 1. The molecule has 0 saturated carbocycles. The summed E-state index contributed by atoms with van der Waals surface area (Å²) in [5.41, 5.74) is 5.68. The smallest absolute Gasteiger partial charge is 0.252 e. The van der Waals surface area contributed by atoms with Crippen LogP contribution in [-0.2, 0) is 0 Å². The molecule has 0 aliphatic rings. The molecule has 0 fully saturated rings. The van der Waals surface area contributed by atoms with Crippen LogP contribution in [0.2, 0.25) is 0 Å². The van der Waals surface area contributed by atoms with E-state index in [0.717, 1.165) is 19.5 Å². The van der Waals surface area contributed by atoms with Gasteiger partial charge in [0, 0.05) is 12.7 Å². The van der Waals surface area contributed by atoms with E-state index in [1.807, 2.05) is 14.1 Å². The Hall–Kier alpha value is -1.62. The molecular weight excluding hydrogens is 204 g/mol. The minimum atomic E-state index is -0.455. The summed E-state index contributed by atoms with van der Waals surface area (Å²) in [6, 6.07) is 3.37. The molecule has 0 unspecified atom stereocenters. The van der Waals surface area contributed by atoms with E-state index in [0.29, 0.717) is 11.4 Å². The lowest BCUT2D eigenvalue weighted by Crippen LogP contribution is -2.19. The first-order chi connectivity index (χ1) is 7.61. The Balaban J connectivity index is 2.50. The van der Waals surface area contributed by atoms with Crippen molar-refractivity contribution in [2.45, 2.75) is 6.42 Å². The fraction of sp³-hybridized carbons (Fsp3) is 0.455. The van der Waals surface area contributed by atoms with Crippen molar-refractivity contribution in [3.8, 4) is 0 Å². The molecule has 0 aromatic carbocycles. The molecule has 0 aliphatic heterocycles. The van der Waals surface area contributed by atoms with Gasteiger partial charge in [0.1, 0.15) is 5.82 Å². The third-order valence-electron chi connectivity index (χ3n) is 2.15. The van der Waals surface area contributed by atoms with Crippen molar-refractivity contribution in [3.63, 3.8) is 0 Å². The number of pyridine rings is 1. The number of aromatic nitrogens is 1. The van der Waals surface area contributed by atoms with Crippen LogP contribution in [0.4, 0.5) is 5.82 Å². The van der Waals surface area contributed by atoms with Crippen LogP contribution >= 0.6 is 0 Å². The Bertz CT molecular complexity index is 352. The minimum Gasteiger partial charge on any atom is -0.369 e. The summed E-state index contributed by atoms with van der Waals surface area (Å²) in [4.78, 5) is 17.3. The first-order valence-corrected chi connectivity index (χ1v) is 5.24. The number of hydrogen-bond donors (Lipinski definition) is 2. The Morgan fingerprint density at radius 3 is 2.94 bits per heavy atom. The molecule has 5 heteroatoms. The first kappa shape index (κ1) is 12.4. The van der Waals surface area contributed by atoms with E-state index in [1.54, 1.807) is 18.3 Å². The number of anilines is 1. The molecule has 0 radical (unpaired) electrons. The standard InChI is InChI=1S/C11H18N4O/c1-15(2)8-4-7-14-11-9(10(12)16)5-3-6-13-11/h3,5-6H,4,7-8H2,1-2H3,(H2,12,16)(H,13,14). The van der Waals surface area contributed by atoms with Crippen LogP contribution < -0.4 is 11.1 Å². The van der Waals surface area contributed by atoms with Crippen molar-refractivity contribution in [1.82, 2.24) is 9.88 Å². The molecule has 1 heterocycles. The number of primary amides is 1. The summed E-state index contributed by atoms with van der Waals surface area (Å²) in [6.07, 6.45) is 2.63. The third-order valence-corrected chi connectivity index (χ3v) is 2.15. The van der Waals surface area contributed by atoms with Gasteiger partial charge in [-0.15, -0.1) is 0 Å². The SMILES string of the molecule is CN(C)CCCNc1ncccc1C(N)=O. The van der Waals surface area contributed by atoms with Gasteiger partial charge in [-0.3, -0.25) is 4.79 Å². The molecule has 0 atom stereocenters. The largest absolute Gasteiger partial charge is 0.369 e. The molecule has 0 aliphatic carbocycles. The summed E-state index contributed by atoms with van der Waals surface area (Å²) in [6.45, 7) is 1.77. The zero-order valence-corrected chi connectivity index (χ0v) is 9.73. The number of carbonyl (C=O) groups is 1. The van der Waals surface area contributed by atoms with E-state index in [4.69, 9.17) is 5.73 Å². The lowest BCUT2D eigenvalue weighted by molar-refractivity contribution is 0.100. The van der Waals surface area contributed by atoms with Gasteiger partial charge in [0.25, 0.3) is 5.91 Å². The number of rotatable bonds is 6. The summed E-state index contributed by atoms with van der Waals surface area (Å²) < 4.78 is 0. The van der Waals surface area contributed by atoms with Gasteiger partial charge in [0.2, 0.25) is 0 Å². The van der Waals surface area contributed by atoms with E-state index < -0.39 is 5.91 Å². The second-order valence-corrected chi connectivity index (χ2v) is 3.85. The summed E-state index contributed by atoms with van der Waals surface area (Å²) >= 11 is 0. The Labute approximate surface area is 95.7 Å². The quantitative estimate of drug-likeness (QED) is 0.689. The zero-order valence-electron chi connectivity index (χ0n) is 9.73. The molecule has 1 aromatic heterocycles. The molecule has 5 nitrogen and oxygen atoms in total. The average molecular weight is 222 g/mol. The van der Waals surface area contributed by atoms with Crippen LogP contribution in [-0.4, -0.2) is 43.0 Å². The predicted octanol–water partition coefficient (Wildman–Crippen LogP) is 0.544. The fourth-order valence-electron chi connectivity index (χ4n) is 1.35. The van der Waals surface area contributed by atoms with Gasteiger partial charge in [-0.1, -0.05) is 0 Å². The molecule has 1 rings (SSSR count). The molecule has 16 heavy (non-hydrogen) atoms. The molecule has 0 spiro atoms. The zero-order chi connectivity index (χ0) is 12.0. The number of nitrogens with two attached hydrogens (primary N) is 1. The summed E-state index contributed by atoms with van der Waals surface area (Å²) in [5.74, 6) is 0.108. The fourth-order valence-corrected chi connectivity index (χ4v) is 1.35. The topological polar surface area (TPSA) is 71.2 Å². The van der Waals surface area contributed by atoms with Gasteiger partial charge < -0.3 is 16.0 Å². The van der Waals surface area contributed by atoms with Crippen LogP contribution in [0.25, 0.3) is 0 Å². The lowest BCUT2D eigenvalue weighted by Gasteiger charge is -2.11. The Morgan fingerprint density at radius 1 is 1.56 bits per heavy atom. The van der Waals surface area contributed by atoms with Gasteiger partial charge in [0.05, 0.1) is 5.56 Å². The molecule has 1 amide bonds. The molecule has 1 aromatic rings. The van der Waals surface area contributed by atoms with E-state index in [-0.39, 0.29) is 0 Å². The molecule has 3 N–H and O–H groups in total. The van der Waals surface area contributed by atoms with Crippen LogP contribution in [0.15, 0.2) is 18.3 Å². The maximum absolute atomic E-state index is 11.1. The van der Waals surface area contributed by atoms with Crippen LogP contribution in [0.3, 0.4) is 0 Å². The Morgan fingerprint density at radius 2 is 2.31 bits per heavy atom. The highest BCUT2D eigenvalue weighted by Gasteiger charge is 2.07. The van der Waals surface area contributed by atoms with Gasteiger partial charge in [-0.25, -0.2) is 4.98 Å². The maximum atomic E-state index is 11.1. The summed E-state index contributed by atoms with van der Waals surface area (Å²) in [5, 5.41) is 3.11. The van der Waals surface area contributed by atoms with E-state index in [9.17, 15) is 4.79 Å². The van der Waals surface area contributed by atoms with E-state index >= 15 is 0 Å². The lowest BCUT2D eigenvalue weighted by atomic mass is 10.2. The minimum absolute atomic E-state index is 0.437. The predicted molar refractivity (Wildman–Crippen MR) is 64.4 cm³/mol. The number of nitrogens with one attached hydrogen (secondary N) is 1. The number of hydrogen-bond acceptors (Lipinski definition) is 4. The van der Waals surface area contributed by atoms with Crippen molar-refractivity contribution in [1.29, 1.82) is 0 Å². The summed E-state index contributed by atoms with van der Waals surface area (Å²) in [7, 11) is 4.05. The maximum Gasteiger partial charge on any atom is 0.252 e. The van der Waals surface area contributed by atoms with Crippen molar-refractivity contribution in [3.05, 3.63) is 23.9 Å². The van der Waals surface area contributed by atoms with Crippen molar-refractivity contribution in [2.24, 2.45) is 5.73 Å². The molecule has 0 saturated heterocycles. The van der Waals surface area contributed by atoms with E-state index in [2.05, 4.69) is 15.2 Å². The number of nitrogens with zero attached hydrogens (tertiary/aromatic N) is 2. The van der Waals surface area contributed by atoms with Crippen molar-refractivity contribution >= 4 is 11.7 Å². The van der Waals surface area contributed by atoms with Crippen molar-refractivity contribution in [2.75, 3.05) is 32.5 Å². The van der Waals surface area contributed by atoms with Gasteiger partial charge in [0.15, 0.2) is 0 Å². The average Bonchev–Trinajstić information content (AvgIpc) is 2.24. The van der Waals surface area contributed by atoms with Crippen molar-refractivity contribution < 1.29 is 4.79 Å². The van der Waals surface area contributed by atoms with Crippen LogP contribution in [0.5, 0.6) is 0 Å². The highest BCUT2D eigenvalue weighted by molar-refractivity contribution is 5.97. The third kappa shape index (κ3) is 3.86. The molecule has 88 valence electrons. The molecule has 0 bridgehead atoms. The number of amides is 1. The van der Waals surface area contributed by atoms with Gasteiger partial charge in [-0.2, -0.15) is 0 Å². The second kappa shape index (κ2) is 6.07. The first-order valence-electron chi connectivity index (χ1n) is 5.24. The second-order valence-electron chi connectivity index (χ2n) is 3.85. The van der Waals surface area contributed by atoms with Gasteiger partial charge >= 0.3 is 0 Å². The molecular formula is C11H18N4O. The highest BCUT2D eigenvalue weighted by atomic mass is 16.1.